The van der Waals surface area contributed by atoms with Gasteiger partial charge in [0.2, 0.25) is 5.91 Å². The van der Waals surface area contributed by atoms with Crippen molar-refractivity contribution in [3.05, 3.63) is 35.4 Å². The van der Waals surface area contributed by atoms with Gasteiger partial charge in [-0.15, -0.1) is 12.4 Å². The second kappa shape index (κ2) is 7.65. The Balaban J connectivity index is 0.00000200. The number of fused-ring (bicyclic) bond motifs is 1. The molecule has 0 heterocycles. The molecular weight excluding hydrogens is 272 g/mol. The van der Waals surface area contributed by atoms with E-state index >= 15 is 0 Å². The summed E-state index contributed by atoms with van der Waals surface area (Å²) in [5.41, 5.74) is 2.18. The Morgan fingerprint density at radius 3 is 2.80 bits per heavy atom. The minimum atomic E-state index is -0.360. The molecule has 2 rings (SSSR count). The lowest BCUT2D eigenvalue weighted by Gasteiger charge is -2.34. The molecule has 0 spiro atoms. The van der Waals surface area contributed by atoms with Gasteiger partial charge in [-0.1, -0.05) is 31.2 Å². The number of halogens is 1. The lowest BCUT2D eigenvalue weighted by atomic mass is 9.70. The number of likely N-dealkylation sites (N-methyl/N-ethyl adjacent to an activating group) is 1. The molecule has 1 aromatic rings. The van der Waals surface area contributed by atoms with Crippen LogP contribution in [-0.2, 0) is 16.6 Å². The van der Waals surface area contributed by atoms with Crippen molar-refractivity contribution >= 4 is 18.3 Å². The second-order valence-electron chi connectivity index (χ2n) is 5.45. The van der Waals surface area contributed by atoms with E-state index in [1.165, 1.54) is 11.1 Å². The number of rotatable bonds is 5. The summed E-state index contributed by atoms with van der Waals surface area (Å²) in [5.74, 6) is 0.164. The molecule has 1 atom stereocenters. The fourth-order valence-corrected chi connectivity index (χ4v) is 2.92. The summed E-state index contributed by atoms with van der Waals surface area (Å²) in [6, 6.07) is 8.36. The van der Waals surface area contributed by atoms with Gasteiger partial charge in [0.05, 0.1) is 5.41 Å². The zero-order valence-electron chi connectivity index (χ0n) is 12.4. The van der Waals surface area contributed by atoms with Gasteiger partial charge in [-0.05, 0) is 43.9 Å². The number of nitrogens with one attached hydrogen (secondary N) is 2. The van der Waals surface area contributed by atoms with Crippen molar-refractivity contribution in [1.29, 1.82) is 0 Å². The van der Waals surface area contributed by atoms with Crippen molar-refractivity contribution in [2.45, 2.75) is 38.5 Å². The van der Waals surface area contributed by atoms with E-state index in [1.807, 2.05) is 6.07 Å². The van der Waals surface area contributed by atoms with Crippen LogP contribution in [0.25, 0.3) is 0 Å². The van der Waals surface area contributed by atoms with Crippen LogP contribution in [0.1, 0.15) is 37.8 Å². The molecule has 0 aromatic heterocycles. The molecule has 0 bridgehead atoms. The maximum Gasteiger partial charge on any atom is 0.230 e. The molecular formula is C16H25ClN2O. The number of hydrogen-bond acceptors (Lipinski definition) is 2. The molecule has 3 nitrogen and oxygen atoms in total. The van der Waals surface area contributed by atoms with Crippen molar-refractivity contribution < 1.29 is 4.79 Å². The molecule has 4 heteroatoms. The Kier molecular flexibility index (Phi) is 6.50. The molecule has 1 amide bonds. The van der Waals surface area contributed by atoms with Crippen molar-refractivity contribution in [3.63, 3.8) is 0 Å². The highest BCUT2D eigenvalue weighted by atomic mass is 35.5. The first kappa shape index (κ1) is 17.0. The molecule has 1 aliphatic rings. The van der Waals surface area contributed by atoms with Gasteiger partial charge >= 0.3 is 0 Å². The first-order chi connectivity index (χ1) is 9.18. The highest BCUT2D eigenvalue weighted by molar-refractivity contribution is 5.88. The highest BCUT2D eigenvalue weighted by Crippen LogP contribution is 2.37. The van der Waals surface area contributed by atoms with E-state index in [1.54, 1.807) is 0 Å². The van der Waals surface area contributed by atoms with Gasteiger partial charge < -0.3 is 10.6 Å². The molecule has 1 unspecified atom stereocenters. The predicted molar refractivity (Wildman–Crippen MR) is 85.5 cm³/mol. The molecule has 0 aliphatic heterocycles. The molecule has 1 aliphatic carbocycles. The number of aryl methyl sites for hydroxylation is 1. The van der Waals surface area contributed by atoms with Crippen LogP contribution >= 0.6 is 12.4 Å². The summed E-state index contributed by atoms with van der Waals surface area (Å²) in [5, 5.41) is 6.29. The summed E-state index contributed by atoms with van der Waals surface area (Å²) in [6.45, 7) is 6.62. The normalized spacial score (nSPS) is 20.7. The smallest absolute Gasteiger partial charge is 0.230 e. The highest BCUT2D eigenvalue weighted by Gasteiger charge is 2.38. The fraction of sp³-hybridized carbons (Fsp3) is 0.562. The number of carbonyl (C=O) groups is 1. The van der Waals surface area contributed by atoms with Crippen LogP contribution in [0.5, 0.6) is 0 Å². The van der Waals surface area contributed by atoms with Crippen LogP contribution < -0.4 is 10.6 Å². The maximum absolute atomic E-state index is 12.5. The topological polar surface area (TPSA) is 41.1 Å². The van der Waals surface area contributed by atoms with Crippen LogP contribution in [-0.4, -0.2) is 25.5 Å². The van der Waals surface area contributed by atoms with E-state index in [2.05, 4.69) is 42.7 Å². The van der Waals surface area contributed by atoms with E-state index < -0.39 is 0 Å². The van der Waals surface area contributed by atoms with Gasteiger partial charge in [-0.2, -0.15) is 0 Å². The van der Waals surface area contributed by atoms with E-state index in [4.69, 9.17) is 0 Å². The summed E-state index contributed by atoms with van der Waals surface area (Å²) in [7, 11) is 0. The Bertz CT molecular complexity index is 450. The Labute approximate surface area is 127 Å². The molecule has 0 saturated heterocycles. The van der Waals surface area contributed by atoms with Crippen LogP contribution in [0.2, 0.25) is 0 Å². The van der Waals surface area contributed by atoms with E-state index in [9.17, 15) is 4.79 Å². The lowest BCUT2D eigenvalue weighted by molar-refractivity contribution is -0.126. The van der Waals surface area contributed by atoms with E-state index in [0.29, 0.717) is 6.54 Å². The molecule has 112 valence electrons. The molecule has 0 saturated carbocycles. The minimum absolute atomic E-state index is 0. The van der Waals surface area contributed by atoms with Gasteiger partial charge in [0.25, 0.3) is 0 Å². The fourth-order valence-electron chi connectivity index (χ4n) is 2.92. The zero-order chi connectivity index (χ0) is 13.7. The lowest BCUT2D eigenvalue weighted by Crippen LogP contribution is -2.46. The van der Waals surface area contributed by atoms with Crippen molar-refractivity contribution in [2.24, 2.45) is 0 Å². The maximum atomic E-state index is 12.5. The number of amides is 1. The summed E-state index contributed by atoms with van der Waals surface area (Å²) in [6.07, 6.45) is 3.13. The van der Waals surface area contributed by atoms with Gasteiger partial charge in [0.15, 0.2) is 0 Å². The van der Waals surface area contributed by atoms with Gasteiger partial charge in [0, 0.05) is 13.1 Å². The van der Waals surface area contributed by atoms with E-state index in [-0.39, 0.29) is 23.7 Å². The Morgan fingerprint density at radius 2 is 2.05 bits per heavy atom. The second-order valence-corrected chi connectivity index (χ2v) is 5.45. The van der Waals surface area contributed by atoms with Gasteiger partial charge in [-0.25, -0.2) is 0 Å². The zero-order valence-corrected chi connectivity index (χ0v) is 13.2. The predicted octanol–water partition coefficient (Wildman–Crippen LogP) is 2.43. The average Bonchev–Trinajstić information content (AvgIpc) is 2.44. The largest absolute Gasteiger partial charge is 0.354 e. The van der Waals surface area contributed by atoms with Crippen LogP contribution in [0.15, 0.2) is 24.3 Å². The van der Waals surface area contributed by atoms with Crippen LogP contribution in [0.4, 0.5) is 0 Å². The first-order valence-electron chi connectivity index (χ1n) is 7.26. The molecule has 0 radical (unpaired) electrons. The summed E-state index contributed by atoms with van der Waals surface area (Å²) >= 11 is 0. The average molecular weight is 297 g/mol. The number of benzene rings is 1. The van der Waals surface area contributed by atoms with Crippen molar-refractivity contribution in [3.8, 4) is 0 Å². The van der Waals surface area contributed by atoms with Crippen molar-refractivity contribution in [1.82, 2.24) is 10.6 Å². The summed E-state index contributed by atoms with van der Waals surface area (Å²) in [4.78, 5) is 12.5. The van der Waals surface area contributed by atoms with Crippen molar-refractivity contribution in [2.75, 3.05) is 19.6 Å². The molecule has 0 fully saturated rings. The van der Waals surface area contributed by atoms with E-state index in [0.717, 1.165) is 32.4 Å². The third-order valence-corrected chi connectivity index (χ3v) is 4.07. The van der Waals surface area contributed by atoms with Gasteiger partial charge in [-0.3, -0.25) is 4.79 Å². The molecule has 1 aromatic carbocycles. The molecule has 20 heavy (non-hydrogen) atoms. The molecule has 2 N–H and O–H groups in total. The Morgan fingerprint density at radius 1 is 1.30 bits per heavy atom. The minimum Gasteiger partial charge on any atom is -0.354 e. The monoisotopic (exact) mass is 296 g/mol. The number of hydrogen-bond donors (Lipinski definition) is 2. The third-order valence-electron chi connectivity index (χ3n) is 4.07. The van der Waals surface area contributed by atoms with Crippen LogP contribution in [0, 0.1) is 0 Å². The number of carbonyl (C=O) groups excluding carboxylic acids is 1. The SMILES string of the molecule is CCNCCNC(=O)C1(C)CCCc2ccccc21.Cl. The quantitative estimate of drug-likeness (QED) is 0.820. The summed E-state index contributed by atoms with van der Waals surface area (Å²) < 4.78 is 0. The standard InChI is InChI=1S/C16H24N2O.ClH/c1-3-17-11-12-18-15(19)16(2)10-6-8-13-7-4-5-9-14(13)16;/h4-5,7,9,17H,3,6,8,10-12H2,1-2H3,(H,18,19);1H. The van der Waals surface area contributed by atoms with Crippen LogP contribution in [0.3, 0.4) is 0 Å². The third kappa shape index (κ3) is 3.53. The Hall–Kier alpha value is -1.06. The first-order valence-corrected chi connectivity index (χ1v) is 7.26. The van der Waals surface area contributed by atoms with Gasteiger partial charge in [0.1, 0.15) is 0 Å².